The van der Waals surface area contributed by atoms with Crippen LogP contribution in [0.25, 0.3) is 0 Å². The second-order valence-corrected chi connectivity index (χ2v) is 28.0. The summed E-state index contributed by atoms with van der Waals surface area (Å²) >= 11 is 0. The number of carbonyl (C=O) groups excluding carboxylic acids is 14. The van der Waals surface area contributed by atoms with Crippen LogP contribution in [0.4, 0.5) is 0 Å². The van der Waals surface area contributed by atoms with Crippen LogP contribution in [0.5, 0.6) is 11.5 Å². The SMILES string of the molecule is COCCOCCCC(=O)[C@@H](CCC(=O)OB=N)NC(=O)[C@H](CCC(=O)OB=N)CC(=O)[C@@H](Cc1ccccc1)NC(=O)[C@@H](CC(C)=O)Cc1ccc(O)cc1.COCCOCCCC(=O)[C@@H](CCC(=O)OB=N)NC(=O)[C@H](CCC(=O)OB=N)CC(=O)[C@@H](Cc1ccccc1)NC(=O)[C@@H](CC(C)=O)Cc1ccc(OCc2ccccc2)cc1. The molecule has 0 saturated carbocycles. The van der Waals surface area contributed by atoms with Gasteiger partial charge in [-0.05, 0) is 54.8 Å². The zero-order valence-corrected chi connectivity index (χ0v) is 67.6. The summed E-state index contributed by atoms with van der Waals surface area (Å²) in [6.45, 7) is 4.93. The van der Waals surface area contributed by atoms with Gasteiger partial charge < -0.3 is 28.9 Å². The van der Waals surface area contributed by atoms with Gasteiger partial charge in [-0.2, -0.15) is 0 Å². The van der Waals surface area contributed by atoms with Crippen LogP contribution in [0, 0.1) is 44.9 Å². The third-order valence-electron chi connectivity index (χ3n) is 18.6. The van der Waals surface area contributed by atoms with Gasteiger partial charge in [0.25, 0.3) is 0 Å². The number of nitrogens with one attached hydrogen (secondary N) is 8. The minimum Gasteiger partial charge on any atom is -0.489 e. The maximum absolute atomic E-state index is 14.3. The molecule has 0 aliphatic rings. The Labute approximate surface area is 694 Å². The summed E-state index contributed by atoms with van der Waals surface area (Å²) in [5, 5.41) is 48.9. The van der Waals surface area contributed by atoms with E-state index in [2.05, 4.69) is 39.9 Å². The second kappa shape index (κ2) is 58.6. The van der Waals surface area contributed by atoms with E-state index in [-0.39, 0.29) is 133 Å². The number of phenolic OH excluding ortho intramolecular Hbond substituents is 1. The van der Waals surface area contributed by atoms with Crippen LogP contribution in [0.2, 0.25) is 0 Å². The molecule has 5 aromatic rings. The maximum atomic E-state index is 14.3. The van der Waals surface area contributed by atoms with Crippen molar-refractivity contribution in [2.45, 2.75) is 173 Å². The molecular formula is C83H106B4N8O24. The number of carbonyl (C=O) groups is 14. The Hall–Kier alpha value is -11.2. The van der Waals surface area contributed by atoms with Gasteiger partial charge in [0.2, 0.25) is 0 Å². The summed E-state index contributed by atoms with van der Waals surface area (Å²) in [6, 6.07) is 36.0. The van der Waals surface area contributed by atoms with Gasteiger partial charge in [-0.3, -0.25) is 0 Å². The smallest absolute Gasteiger partial charge is 0.489 e. The summed E-state index contributed by atoms with van der Waals surface area (Å²) < 4.78 is 45.0. The van der Waals surface area contributed by atoms with Crippen molar-refractivity contribution in [2.24, 2.45) is 23.7 Å². The van der Waals surface area contributed by atoms with Crippen molar-refractivity contribution in [3.63, 3.8) is 0 Å². The van der Waals surface area contributed by atoms with Gasteiger partial charge in [0.05, 0.1) is 0 Å². The Kier molecular flexibility index (Phi) is 49.3. The van der Waals surface area contributed by atoms with Gasteiger partial charge in [-0.25, -0.2) is 0 Å². The van der Waals surface area contributed by atoms with Crippen molar-refractivity contribution in [2.75, 3.05) is 53.9 Å². The van der Waals surface area contributed by atoms with E-state index in [9.17, 15) is 72.2 Å². The predicted octanol–water partition coefficient (Wildman–Crippen LogP) is 7.35. The standard InChI is InChI=1S/C45H56B2N4O12.C38H50B2N4O12/c1-31(52)26-36(27-33-15-18-37(19-16-33)61-30-34-12-7-4-8-13-34)45(58)51-39(28-32-10-5-3-6-11-32)41(54)29-35(17-21-42(55)62-46-48)44(57)50-38(20-22-43(56)63-47-49)40(53)14-9-23-60-25-24-59-2;1-25(45)21-29(22-27-10-13-30(46)14-11-27)38(52)44-32(23-26-7-4-3-5-8-26)34(48)24-28(12-16-35(49)55-39-41)37(51)43-31(15-17-36(50)56-40-42)33(47)9-6-18-54-20-19-53-2/h3-8,10-13,15-16,18-19,35-36,38-39,48-49H,9,14,17,20-30H2,1-2H3,(H,50,57)(H,51,58);3-5,7-8,10-11,13-14,28-29,31-32,41-42,46H,6,9,12,15-24H2,1-2H3,(H,43,51)(H,44,52)/t35-,36+,38-,39-;28-,29+,31-,32-/m11/s1. The van der Waals surface area contributed by atoms with E-state index < -0.39 is 131 Å². The van der Waals surface area contributed by atoms with Crippen molar-refractivity contribution in [3.8, 4) is 11.5 Å². The van der Waals surface area contributed by atoms with Gasteiger partial charge in [0.15, 0.2) is 0 Å². The molecule has 634 valence electrons. The molecule has 0 unspecified atom stereocenters. The van der Waals surface area contributed by atoms with Gasteiger partial charge >= 0.3 is 503 Å². The van der Waals surface area contributed by atoms with E-state index in [0.29, 0.717) is 97.4 Å². The number of hydrogen-bond acceptors (Lipinski definition) is 28. The summed E-state index contributed by atoms with van der Waals surface area (Å²) in [6.07, 6.45) is -2.41. The molecule has 36 heteroatoms. The third-order valence-corrected chi connectivity index (χ3v) is 18.6. The molecule has 8 atom stereocenters. The summed E-state index contributed by atoms with van der Waals surface area (Å²) in [5.41, 5.74) is 3.84. The average Bonchev–Trinajstić information content (AvgIpc) is 0.804. The van der Waals surface area contributed by atoms with Crippen molar-refractivity contribution in [1.82, 2.24) is 21.3 Å². The van der Waals surface area contributed by atoms with Crippen LogP contribution in [-0.4, -0.2) is 194 Å². The van der Waals surface area contributed by atoms with Crippen molar-refractivity contribution < 1.29 is 115 Å². The molecule has 0 saturated heterocycles. The van der Waals surface area contributed by atoms with Crippen LogP contribution in [0.15, 0.2) is 140 Å². The number of rotatable bonds is 61. The van der Waals surface area contributed by atoms with Gasteiger partial charge in [0, 0.05) is 14.2 Å². The minimum absolute atomic E-state index is 0.0222. The Morgan fingerprint density at radius 3 is 1.01 bits per heavy atom. The number of phenols is 1. The first-order valence-electron chi connectivity index (χ1n) is 39.1. The number of amides is 4. The molecule has 0 aliphatic heterocycles. The Bertz CT molecular complexity index is 4100. The van der Waals surface area contributed by atoms with E-state index in [1.165, 1.54) is 40.2 Å². The zero-order chi connectivity index (χ0) is 87.1. The molecule has 5 aromatic carbocycles. The third kappa shape index (κ3) is 42.7. The fourth-order valence-corrected chi connectivity index (χ4v) is 12.4. The molecular weight excluding hydrogens is 1540 g/mol. The molecule has 0 aliphatic carbocycles. The van der Waals surface area contributed by atoms with Crippen LogP contribution in [0.3, 0.4) is 0 Å². The first kappa shape index (κ1) is 100. The summed E-state index contributed by atoms with van der Waals surface area (Å²) in [4.78, 5) is 184. The normalized spacial score (nSPS) is 12.6. The average molecular weight is 1640 g/mol. The minimum atomic E-state index is -1.22. The number of hydrogen-bond donors (Lipinski definition) is 9. The monoisotopic (exact) mass is 1640 g/mol. The van der Waals surface area contributed by atoms with E-state index in [0.717, 1.165) is 11.1 Å². The Morgan fingerprint density at radius 2 is 0.664 bits per heavy atom. The molecule has 0 spiro atoms. The van der Waals surface area contributed by atoms with E-state index in [1.54, 1.807) is 84.9 Å². The molecule has 0 bridgehead atoms. The Balaban J connectivity index is 0.000000504. The fraction of sp³-hybridized carbons (Fsp3) is 0.470. The summed E-state index contributed by atoms with van der Waals surface area (Å²) in [5.74, 6) is -11.9. The molecule has 9 N–H and O–H groups in total. The van der Waals surface area contributed by atoms with Crippen molar-refractivity contribution in [3.05, 3.63) is 167 Å². The molecule has 32 nitrogen and oxygen atoms in total. The zero-order valence-electron chi connectivity index (χ0n) is 67.6. The molecule has 119 heavy (non-hydrogen) atoms. The number of aromatic hydroxyl groups is 1. The molecule has 0 heterocycles. The van der Waals surface area contributed by atoms with Gasteiger partial charge in [0.1, 0.15) is 29.7 Å². The van der Waals surface area contributed by atoms with Crippen molar-refractivity contribution in [1.29, 1.82) is 21.2 Å². The number of benzene rings is 5. The van der Waals surface area contributed by atoms with Crippen molar-refractivity contribution >= 4 is 111 Å². The molecule has 5 rings (SSSR count). The fourth-order valence-electron chi connectivity index (χ4n) is 12.4. The van der Waals surface area contributed by atoms with Gasteiger partial charge in [-0.15, -0.1) is 0 Å². The molecule has 0 fully saturated rings. The number of Topliss-reactive ketones (excluding diaryl/α,β-unsaturated/α-hetero) is 6. The first-order valence-corrected chi connectivity index (χ1v) is 39.1. The van der Waals surface area contributed by atoms with E-state index >= 15 is 0 Å². The topological polar surface area (TPSA) is 486 Å². The molecule has 0 radical (unpaired) electrons. The Morgan fingerprint density at radius 1 is 0.345 bits per heavy atom. The van der Waals surface area contributed by atoms with Crippen LogP contribution < -0.4 is 26.0 Å². The van der Waals surface area contributed by atoms with Crippen LogP contribution in [-0.2, 0) is 137 Å². The van der Waals surface area contributed by atoms with Crippen LogP contribution in [0.1, 0.15) is 144 Å². The van der Waals surface area contributed by atoms with Crippen LogP contribution >= 0.6 is 0 Å². The number of ketones is 6. The van der Waals surface area contributed by atoms with E-state index in [4.69, 9.17) is 44.9 Å². The summed E-state index contributed by atoms with van der Waals surface area (Å²) in [7, 11) is 4.83. The predicted molar refractivity (Wildman–Crippen MR) is 434 cm³/mol. The number of methoxy groups -OCH3 is 2. The quantitative estimate of drug-likeness (QED) is 0.0136. The second-order valence-electron chi connectivity index (χ2n) is 28.0. The van der Waals surface area contributed by atoms with Gasteiger partial charge in [-0.1, -0.05) is 66.7 Å². The number of ether oxygens (including phenoxy) is 5. The van der Waals surface area contributed by atoms with E-state index in [1.807, 2.05) is 42.5 Å². The first-order chi connectivity index (χ1) is 57.3. The molecule has 4 amide bonds. The molecule has 0 aromatic heterocycles.